The molecule has 0 radical (unpaired) electrons. The molecule has 1 aromatic carbocycles. The van der Waals surface area contributed by atoms with Crippen molar-refractivity contribution in [2.75, 3.05) is 17.7 Å². The fraction of sp³-hybridized carbons (Fsp3) is 0.167. The van der Waals surface area contributed by atoms with Crippen LogP contribution in [0.5, 0.6) is 0 Å². The second-order valence-electron chi connectivity index (χ2n) is 3.54. The van der Waals surface area contributed by atoms with Gasteiger partial charge >= 0.3 is 0 Å². The number of aryl methyl sites for hydroxylation is 1. The highest BCUT2D eigenvalue weighted by Crippen LogP contribution is 2.22. The minimum Gasteiger partial charge on any atom is -0.373 e. The molecule has 88 valence electrons. The van der Waals surface area contributed by atoms with Gasteiger partial charge in [-0.15, -0.1) is 0 Å². The van der Waals surface area contributed by atoms with Crippen LogP contribution in [0.3, 0.4) is 0 Å². The predicted octanol–water partition coefficient (Wildman–Crippen LogP) is 3.17. The quantitative estimate of drug-likeness (QED) is 0.843. The summed E-state index contributed by atoms with van der Waals surface area (Å²) in [6, 6.07) is 9.97. The summed E-state index contributed by atoms with van der Waals surface area (Å²) in [4.78, 5) is 8.60. The van der Waals surface area contributed by atoms with Crippen LogP contribution in [-0.2, 0) is 0 Å². The minimum absolute atomic E-state index is 0.741. The number of rotatable bonds is 3. The lowest BCUT2D eigenvalue weighted by Gasteiger charge is -2.09. The molecule has 5 heteroatoms. The van der Waals surface area contributed by atoms with Gasteiger partial charge in [0.2, 0.25) is 0 Å². The summed E-state index contributed by atoms with van der Waals surface area (Å²) in [5, 5.41) is 6.30. The maximum atomic E-state index is 4.35. The fourth-order valence-corrected chi connectivity index (χ4v) is 1.98. The topological polar surface area (TPSA) is 49.8 Å². The van der Waals surface area contributed by atoms with Gasteiger partial charge in [0.05, 0.1) is 5.69 Å². The second-order valence-corrected chi connectivity index (χ2v) is 4.70. The number of anilines is 3. The monoisotopic (exact) mass is 340 g/mol. The van der Waals surface area contributed by atoms with Crippen LogP contribution in [0.25, 0.3) is 0 Å². The summed E-state index contributed by atoms with van der Waals surface area (Å²) in [5.74, 6) is 2.35. The van der Waals surface area contributed by atoms with Crippen LogP contribution in [0.2, 0.25) is 0 Å². The van der Waals surface area contributed by atoms with E-state index in [0.717, 1.165) is 26.7 Å². The Morgan fingerprint density at radius 1 is 1.12 bits per heavy atom. The molecule has 0 saturated heterocycles. The average molecular weight is 340 g/mol. The number of halogens is 1. The van der Waals surface area contributed by atoms with E-state index in [4.69, 9.17) is 0 Å². The van der Waals surface area contributed by atoms with E-state index in [0.29, 0.717) is 0 Å². The molecule has 0 fully saturated rings. The molecule has 0 amide bonds. The molecule has 1 aromatic heterocycles. The summed E-state index contributed by atoms with van der Waals surface area (Å²) in [7, 11) is 1.85. The van der Waals surface area contributed by atoms with E-state index in [1.165, 1.54) is 0 Å². The third-order valence-corrected chi connectivity index (χ3v) is 3.17. The van der Waals surface area contributed by atoms with Crippen LogP contribution < -0.4 is 10.6 Å². The van der Waals surface area contributed by atoms with Crippen molar-refractivity contribution in [3.05, 3.63) is 39.7 Å². The van der Waals surface area contributed by atoms with Crippen LogP contribution in [0.4, 0.5) is 17.3 Å². The zero-order valence-electron chi connectivity index (χ0n) is 9.66. The smallest absolute Gasteiger partial charge is 0.136 e. The van der Waals surface area contributed by atoms with E-state index in [-0.39, 0.29) is 0 Å². The molecule has 0 atom stereocenters. The first-order valence-electron chi connectivity index (χ1n) is 5.24. The molecule has 0 saturated carbocycles. The Bertz CT molecular complexity index is 528. The molecule has 17 heavy (non-hydrogen) atoms. The standard InChI is InChI=1S/C12H13IN4/c1-8-15-11(14-2)7-12(16-8)17-10-6-4-3-5-9(10)13/h3-7H,1-2H3,(H2,14,15,16,17). The lowest BCUT2D eigenvalue weighted by atomic mass is 10.3. The molecule has 4 nitrogen and oxygen atoms in total. The molecule has 1 heterocycles. The Morgan fingerprint density at radius 2 is 1.82 bits per heavy atom. The molecule has 0 unspecified atom stereocenters. The Kier molecular flexibility index (Phi) is 3.78. The van der Waals surface area contributed by atoms with Crippen molar-refractivity contribution >= 4 is 39.9 Å². The third-order valence-electron chi connectivity index (χ3n) is 2.23. The Labute approximate surface area is 114 Å². The van der Waals surface area contributed by atoms with E-state index in [1.54, 1.807) is 0 Å². The van der Waals surface area contributed by atoms with Crippen molar-refractivity contribution in [1.29, 1.82) is 0 Å². The Hall–Kier alpha value is -1.37. The molecule has 2 aromatic rings. The summed E-state index contributed by atoms with van der Waals surface area (Å²) >= 11 is 2.29. The largest absolute Gasteiger partial charge is 0.373 e. The van der Waals surface area contributed by atoms with Crippen LogP contribution in [0.15, 0.2) is 30.3 Å². The highest BCUT2D eigenvalue weighted by atomic mass is 127. The van der Waals surface area contributed by atoms with E-state index in [1.807, 2.05) is 38.2 Å². The fourth-order valence-electron chi connectivity index (χ4n) is 1.46. The summed E-state index contributed by atoms with van der Waals surface area (Å²) in [6.07, 6.45) is 0. The SMILES string of the molecule is CNc1cc(Nc2ccccc2I)nc(C)n1. The molecule has 0 aliphatic rings. The van der Waals surface area contributed by atoms with Gasteiger partial charge in [0.15, 0.2) is 0 Å². The minimum atomic E-state index is 0.741. The second kappa shape index (κ2) is 5.31. The van der Waals surface area contributed by atoms with Gasteiger partial charge in [0, 0.05) is 16.7 Å². The lowest BCUT2D eigenvalue weighted by Crippen LogP contribution is -2.01. The number of nitrogens with zero attached hydrogens (tertiary/aromatic N) is 2. The zero-order chi connectivity index (χ0) is 12.3. The average Bonchev–Trinajstić information content (AvgIpc) is 2.31. The van der Waals surface area contributed by atoms with Crippen molar-refractivity contribution < 1.29 is 0 Å². The van der Waals surface area contributed by atoms with Crippen LogP contribution in [-0.4, -0.2) is 17.0 Å². The van der Waals surface area contributed by atoms with Gasteiger partial charge in [0.1, 0.15) is 17.5 Å². The van der Waals surface area contributed by atoms with Gasteiger partial charge in [-0.25, -0.2) is 9.97 Å². The van der Waals surface area contributed by atoms with Crippen molar-refractivity contribution in [3.63, 3.8) is 0 Å². The number of para-hydroxylation sites is 1. The first-order valence-corrected chi connectivity index (χ1v) is 6.32. The van der Waals surface area contributed by atoms with Crippen molar-refractivity contribution in [2.24, 2.45) is 0 Å². The zero-order valence-corrected chi connectivity index (χ0v) is 11.8. The predicted molar refractivity (Wildman–Crippen MR) is 78.8 cm³/mol. The molecule has 0 aliphatic carbocycles. The maximum absolute atomic E-state index is 4.35. The summed E-state index contributed by atoms with van der Waals surface area (Å²) in [6.45, 7) is 1.88. The number of hydrogen-bond donors (Lipinski definition) is 2. The van der Waals surface area contributed by atoms with Crippen molar-refractivity contribution in [2.45, 2.75) is 6.92 Å². The Balaban J connectivity index is 2.30. The van der Waals surface area contributed by atoms with E-state index in [2.05, 4.69) is 49.3 Å². The van der Waals surface area contributed by atoms with Crippen molar-refractivity contribution in [1.82, 2.24) is 9.97 Å². The van der Waals surface area contributed by atoms with Crippen LogP contribution in [0, 0.1) is 10.5 Å². The first-order chi connectivity index (χ1) is 8.19. The van der Waals surface area contributed by atoms with Gasteiger partial charge < -0.3 is 10.6 Å². The van der Waals surface area contributed by atoms with Gasteiger partial charge in [0.25, 0.3) is 0 Å². The van der Waals surface area contributed by atoms with Gasteiger partial charge in [-0.3, -0.25) is 0 Å². The maximum Gasteiger partial charge on any atom is 0.136 e. The Morgan fingerprint density at radius 3 is 2.53 bits per heavy atom. The molecule has 0 spiro atoms. The molecule has 0 bridgehead atoms. The third kappa shape index (κ3) is 3.06. The summed E-state index contributed by atoms with van der Waals surface area (Å²) in [5.41, 5.74) is 1.05. The van der Waals surface area contributed by atoms with Crippen LogP contribution >= 0.6 is 22.6 Å². The molecular weight excluding hydrogens is 327 g/mol. The van der Waals surface area contributed by atoms with Gasteiger partial charge in [-0.1, -0.05) is 12.1 Å². The van der Waals surface area contributed by atoms with E-state index in [9.17, 15) is 0 Å². The normalized spacial score (nSPS) is 10.1. The molecule has 2 rings (SSSR count). The van der Waals surface area contributed by atoms with Crippen molar-refractivity contribution in [3.8, 4) is 0 Å². The van der Waals surface area contributed by atoms with Gasteiger partial charge in [-0.05, 0) is 41.6 Å². The molecule has 0 aliphatic heterocycles. The molecule has 2 N–H and O–H groups in total. The highest BCUT2D eigenvalue weighted by Gasteiger charge is 2.03. The van der Waals surface area contributed by atoms with E-state index >= 15 is 0 Å². The number of hydrogen-bond acceptors (Lipinski definition) is 4. The first kappa shape index (κ1) is 12.1. The summed E-state index contributed by atoms with van der Waals surface area (Å²) < 4.78 is 1.16. The number of nitrogens with one attached hydrogen (secondary N) is 2. The number of aromatic nitrogens is 2. The van der Waals surface area contributed by atoms with Crippen LogP contribution in [0.1, 0.15) is 5.82 Å². The highest BCUT2D eigenvalue weighted by molar-refractivity contribution is 14.1. The van der Waals surface area contributed by atoms with Gasteiger partial charge in [-0.2, -0.15) is 0 Å². The lowest BCUT2D eigenvalue weighted by molar-refractivity contribution is 1.06. The number of benzene rings is 1. The van der Waals surface area contributed by atoms with E-state index < -0.39 is 0 Å². The molecular formula is C12H13IN4.